The molecule has 1 N–H and O–H groups in total. The first-order valence-electron chi connectivity index (χ1n) is 7.70. The number of aromatic nitrogens is 1. The largest absolute Gasteiger partial charge is 0.383 e. The minimum Gasteiger partial charge on any atom is -0.383 e. The number of nitrogens with zero attached hydrogens (tertiary/aromatic N) is 2. The van der Waals surface area contributed by atoms with E-state index in [2.05, 4.69) is 24.2 Å². The maximum atomic E-state index is 5.41. The average molecular weight is 315 g/mol. The second-order valence-electron chi connectivity index (χ2n) is 4.90. The number of rotatable bonds is 12. The molecule has 0 aliphatic carbocycles. The average Bonchev–Trinajstić information content (AvgIpc) is 2.87. The number of thiazole rings is 1. The van der Waals surface area contributed by atoms with E-state index in [4.69, 9.17) is 14.5 Å². The first kappa shape index (κ1) is 18.4. The Morgan fingerprint density at radius 1 is 1.29 bits per heavy atom. The molecule has 1 aromatic rings. The Kier molecular flexibility index (Phi) is 9.58. The van der Waals surface area contributed by atoms with Gasteiger partial charge in [-0.3, -0.25) is 0 Å². The number of nitrogens with one attached hydrogen (secondary N) is 1. The minimum absolute atomic E-state index is 0.739. The third-order valence-corrected chi connectivity index (χ3v) is 4.34. The summed E-state index contributed by atoms with van der Waals surface area (Å²) in [6.07, 6.45) is 2.16. The summed E-state index contributed by atoms with van der Waals surface area (Å²) in [5, 5.41) is 4.49. The van der Waals surface area contributed by atoms with Gasteiger partial charge in [-0.15, -0.1) is 11.3 Å². The molecule has 0 aliphatic rings. The molecule has 0 unspecified atom stereocenters. The number of aryl methyl sites for hydroxylation is 1. The molecule has 21 heavy (non-hydrogen) atoms. The molecule has 0 saturated carbocycles. The van der Waals surface area contributed by atoms with Gasteiger partial charge < -0.3 is 19.7 Å². The van der Waals surface area contributed by atoms with Gasteiger partial charge in [-0.25, -0.2) is 4.98 Å². The summed E-state index contributed by atoms with van der Waals surface area (Å²) in [6, 6.07) is 0. The Morgan fingerprint density at radius 3 is 2.76 bits per heavy atom. The van der Waals surface area contributed by atoms with Crippen molar-refractivity contribution in [2.75, 3.05) is 52.0 Å². The summed E-state index contributed by atoms with van der Waals surface area (Å²) in [4.78, 5) is 8.31. The summed E-state index contributed by atoms with van der Waals surface area (Å²) < 4.78 is 10.5. The van der Waals surface area contributed by atoms with E-state index in [9.17, 15) is 0 Å². The van der Waals surface area contributed by atoms with Crippen LogP contribution in [0.4, 0.5) is 5.13 Å². The van der Waals surface area contributed by atoms with E-state index >= 15 is 0 Å². The molecule has 122 valence electrons. The van der Waals surface area contributed by atoms with E-state index in [0.29, 0.717) is 0 Å². The zero-order chi connectivity index (χ0) is 15.5. The zero-order valence-corrected chi connectivity index (χ0v) is 14.6. The van der Waals surface area contributed by atoms with Crippen LogP contribution in [-0.2, 0) is 22.4 Å². The summed E-state index contributed by atoms with van der Waals surface area (Å²) >= 11 is 1.78. The second-order valence-corrected chi connectivity index (χ2v) is 5.97. The van der Waals surface area contributed by atoms with Crippen molar-refractivity contribution in [1.29, 1.82) is 0 Å². The lowest BCUT2D eigenvalue weighted by atomic mass is 10.2. The van der Waals surface area contributed by atoms with Crippen molar-refractivity contribution in [3.05, 3.63) is 10.6 Å². The molecule has 6 heteroatoms. The van der Waals surface area contributed by atoms with Crippen LogP contribution in [0.2, 0.25) is 0 Å². The fourth-order valence-electron chi connectivity index (χ4n) is 1.92. The molecule has 0 aliphatic heterocycles. The zero-order valence-electron chi connectivity index (χ0n) is 13.8. The van der Waals surface area contributed by atoms with Crippen molar-refractivity contribution in [2.45, 2.75) is 33.2 Å². The highest BCUT2D eigenvalue weighted by Crippen LogP contribution is 2.26. The van der Waals surface area contributed by atoms with Crippen LogP contribution in [0.25, 0.3) is 0 Å². The molecule has 0 radical (unpaired) electrons. The highest BCUT2D eigenvalue weighted by atomic mass is 32.1. The maximum Gasteiger partial charge on any atom is 0.185 e. The molecular weight excluding hydrogens is 286 g/mol. The summed E-state index contributed by atoms with van der Waals surface area (Å²) in [5.74, 6) is 0. The third kappa shape index (κ3) is 6.74. The summed E-state index contributed by atoms with van der Waals surface area (Å²) in [5.41, 5.74) is 1.23. The molecule has 5 nitrogen and oxygen atoms in total. The predicted octanol–water partition coefficient (Wildman–Crippen LogP) is 2.30. The Labute approximate surface area is 132 Å². The van der Waals surface area contributed by atoms with E-state index in [-0.39, 0.29) is 0 Å². The molecule has 0 atom stereocenters. The van der Waals surface area contributed by atoms with Gasteiger partial charge in [-0.1, -0.05) is 13.3 Å². The Bertz CT molecular complexity index is 385. The van der Waals surface area contributed by atoms with Gasteiger partial charge in [0, 0.05) is 45.3 Å². The number of hydrogen-bond donors (Lipinski definition) is 1. The number of likely N-dealkylation sites (N-methyl/N-ethyl adjacent to an activating group) is 1. The van der Waals surface area contributed by atoms with Crippen LogP contribution in [0, 0.1) is 0 Å². The van der Waals surface area contributed by atoms with Gasteiger partial charge >= 0.3 is 0 Å². The fraction of sp³-hybridized carbons (Fsp3) is 0.800. The van der Waals surface area contributed by atoms with E-state index in [1.54, 1.807) is 18.4 Å². The van der Waals surface area contributed by atoms with Crippen molar-refractivity contribution in [3.63, 3.8) is 0 Å². The van der Waals surface area contributed by atoms with Crippen molar-refractivity contribution < 1.29 is 9.47 Å². The molecular formula is C15H29N3O2S. The van der Waals surface area contributed by atoms with E-state index in [0.717, 1.165) is 57.4 Å². The number of hydrogen-bond acceptors (Lipinski definition) is 6. The van der Waals surface area contributed by atoms with Crippen LogP contribution in [0.5, 0.6) is 0 Å². The van der Waals surface area contributed by atoms with Crippen molar-refractivity contribution in [1.82, 2.24) is 10.3 Å². The van der Waals surface area contributed by atoms with Crippen LogP contribution in [0.1, 0.15) is 30.8 Å². The Balaban J connectivity index is 2.59. The monoisotopic (exact) mass is 315 g/mol. The highest BCUT2D eigenvalue weighted by Gasteiger charge is 2.13. The standard InChI is InChI=1S/C15H29N3O2S/c1-5-7-13-14(12-16-8-10-19-4)21-15(17-13)18(3)9-11-20-6-2/h16H,5-12H2,1-4H3. The Hall–Kier alpha value is -0.690. The fourth-order valence-corrected chi connectivity index (χ4v) is 2.98. The van der Waals surface area contributed by atoms with E-state index < -0.39 is 0 Å². The SMILES string of the molecule is CCCc1nc(N(C)CCOCC)sc1CNCCOC. The summed E-state index contributed by atoms with van der Waals surface area (Å²) in [6.45, 7) is 9.09. The maximum absolute atomic E-state index is 5.41. The van der Waals surface area contributed by atoms with Crippen LogP contribution in [0.3, 0.4) is 0 Å². The van der Waals surface area contributed by atoms with Crippen molar-refractivity contribution in [2.24, 2.45) is 0 Å². The Morgan fingerprint density at radius 2 is 2.10 bits per heavy atom. The molecule has 1 aromatic heterocycles. The molecule has 1 rings (SSSR count). The van der Waals surface area contributed by atoms with Crippen LogP contribution in [0.15, 0.2) is 0 Å². The lowest BCUT2D eigenvalue weighted by Crippen LogP contribution is -2.22. The van der Waals surface area contributed by atoms with E-state index in [1.165, 1.54) is 10.6 Å². The van der Waals surface area contributed by atoms with Crippen LogP contribution >= 0.6 is 11.3 Å². The van der Waals surface area contributed by atoms with Gasteiger partial charge in [-0.2, -0.15) is 0 Å². The molecule has 0 spiro atoms. The van der Waals surface area contributed by atoms with E-state index in [1.807, 2.05) is 6.92 Å². The predicted molar refractivity (Wildman–Crippen MR) is 89.5 cm³/mol. The molecule has 0 saturated heterocycles. The lowest BCUT2D eigenvalue weighted by Gasteiger charge is -2.15. The van der Waals surface area contributed by atoms with Crippen molar-refractivity contribution >= 4 is 16.5 Å². The van der Waals surface area contributed by atoms with Gasteiger partial charge in [-0.05, 0) is 13.3 Å². The van der Waals surface area contributed by atoms with Crippen LogP contribution in [-0.4, -0.2) is 52.1 Å². The van der Waals surface area contributed by atoms with Crippen molar-refractivity contribution in [3.8, 4) is 0 Å². The molecule has 0 amide bonds. The normalized spacial score (nSPS) is 11.0. The molecule has 0 fully saturated rings. The quantitative estimate of drug-likeness (QED) is 0.600. The first-order chi connectivity index (χ1) is 10.2. The van der Waals surface area contributed by atoms with Gasteiger partial charge in [0.05, 0.1) is 18.9 Å². The second kappa shape index (κ2) is 11.0. The van der Waals surface area contributed by atoms with Gasteiger partial charge in [0.1, 0.15) is 0 Å². The number of ether oxygens (including phenoxy) is 2. The van der Waals surface area contributed by atoms with Gasteiger partial charge in [0.15, 0.2) is 5.13 Å². The topological polar surface area (TPSA) is 46.6 Å². The molecule has 0 aromatic carbocycles. The third-order valence-electron chi connectivity index (χ3n) is 3.12. The summed E-state index contributed by atoms with van der Waals surface area (Å²) in [7, 11) is 3.80. The number of anilines is 1. The molecule has 1 heterocycles. The van der Waals surface area contributed by atoms with Gasteiger partial charge in [0.25, 0.3) is 0 Å². The number of methoxy groups -OCH3 is 1. The first-order valence-corrected chi connectivity index (χ1v) is 8.51. The van der Waals surface area contributed by atoms with Gasteiger partial charge in [0.2, 0.25) is 0 Å². The lowest BCUT2D eigenvalue weighted by molar-refractivity contribution is 0.154. The highest BCUT2D eigenvalue weighted by molar-refractivity contribution is 7.15. The molecule has 0 bridgehead atoms. The van der Waals surface area contributed by atoms with Crippen LogP contribution < -0.4 is 10.2 Å². The minimum atomic E-state index is 0.739. The smallest absolute Gasteiger partial charge is 0.185 e.